The maximum absolute atomic E-state index is 10.9. The second-order valence-corrected chi connectivity index (χ2v) is 5.90. The number of aryl methyl sites for hydroxylation is 1. The largest absolute Gasteiger partial charge is 0.496 e. The van der Waals surface area contributed by atoms with Crippen molar-refractivity contribution in [3.8, 4) is 5.75 Å². The van der Waals surface area contributed by atoms with E-state index in [1.54, 1.807) is 20.1 Å². The molecule has 2 aromatic carbocycles. The van der Waals surface area contributed by atoms with E-state index in [1.807, 2.05) is 30.3 Å². The molecule has 1 aliphatic rings. The van der Waals surface area contributed by atoms with Crippen LogP contribution in [0.4, 0.5) is 11.4 Å². The molecule has 0 spiro atoms. The van der Waals surface area contributed by atoms with Crippen molar-refractivity contribution in [1.82, 2.24) is 0 Å². The highest BCUT2D eigenvalue weighted by atomic mass is 16.6. The first-order valence-corrected chi connectivity index (χ1v) is 7.73. The van der Waals surface area contributed by atoms with Crippen molar-refractivity contribution in [2.45, 2.75) is 19.3 Å². The molecule has 1 aliphatic heterocycles. The predicted molar refractivity (Wildman–Crippen MR) is 90.4 cm³/mol. The first-order chi connectivity index (χ1) is 11.1. The van der Waals surface area contributed by atoms with Gasteiger partial charge in [-0.25, -0.2) is 0 Å². The fourth-order valence-corrected chi connectivity index (χ4v) is 3.29. The molecule has 1 unspecified atom stereocenters. The predicted octanol–water partition coefficient (Wildman–Crippen LogP) is 3.91. The number of ether oxygens (including phenoxy) is 1. The van der Waals surface area contributed by atoms with Crippen molar-refractivity contribution < 1.29 is 9.66 Å². The van der Waals surface area contributed by atoms with Gasteiger partial charge in [-0.05, 0) is 37.1 Å². The second-order valence-electron chi connectivity index (χ2n) is 5.90. The number of hydrogen-bond donors (Lipinski definition) is 0. The van der Waals surface area contributed by atoms with E-state index >= 15 is 0 Å². The maximum Gasteiger partial charge on any atom is 0.272 e. The molecule has 1 saturated heterocycles. The van der Waals surface area contributed by atoms with Crippen molar-refractivity contribution >= 4 is 11.4 Å². The van der Waals surface area contributed by atoms with Crippen molar-refractivity contribution in [1.29, 1.82) is 0 Å². The van der Waals surface area contributed by atoms with Crippen LogP contribution < -0.4 is 9.64 Å². The number of rotatable bonds is 4. The zero-order valence-corrected chi connectivity index (χ0v) is 13.4. The fraction of sp³-hybridized carbons (Fsp3) is 0.333. The first-order valence-electron chi connectivity index (χ1n) is 7.73. The van der Waals surface area contributed by atoms with Gasteiger partial charge in [0.2, 0.25) is 0 Å². The molecule has 5 heteroatoms. The van der Waals surface area contributed by atoms with Gasteiger partial charge in [0.25, 0.3) is 5.69 Å². The number of methoxy groups -OCH3 is 1. The third-order valence-corrected chi connectivity index (χ3v) is 4.51. The van der Waals surface area contributed by atoms with Crippen LogP contribution in [0.25, 0.3) is 0 Å². The van der Waals surface area contributed by atoms with Crippen LogP contribution in [0.1, 0.15) is 23.5 Å². The Morgan fingerprint density at radius 3 is 2.74 bits per heavy atom. The smallest absolute Gasteiger partial charge is 0.272 e. The second kappa shape index (κ2) is 6.28. The van der Waals surface area contributed by atoms with E-state index in [9.17, 15) is 10.1 Å². The summed E-state index contributed by atoms with van der Waals surface area (Å²) in [5, 5.41) is 10.9. The zero-order valence-electron chi connectivity index (χ0n) is 13.4. The summed E-state index contributed by atoms with van der Waals surface area (Å²) in [7, 11) is 1.70. The first kappa shape index (κ1) is 15.3. The van der Waals surface area contributed by atoms with Gasteiger partial charge >= 0.3 is 0 Å². The average Bonchev–Trinajstić information content (AvgIpc) is 3.04. The molecule has 0 saturated carbocycles. The molecule has 3 rings (SSSR count). The fourth-order valence-electron chi connectivity index (χ4n) is 3.29. The Morgan fingerprint density at radius 1 is 1.26 bits per heavy atom. The molecule has 2 aromatic rings. The molecule has 23 heavy (non-hydrogen) atoms. The van der Waals surface area contributed by atoms with Crippen LogP contribution in [0.2, 0.25) is 0 Å². The molecular weight excluding hydrogens is 292 g/mol. The topological polar surface area (TPSA) is 55.6 Å². The highest BCUT2D eigenvalue weighted by Gasteiger charge is 2.26. The molecule has 0 bridgehead atoms. The van der Waals surface area contributed by atoms with E-state index in [0.717, 1.165) is 30.9 Å². The third kappa shape index (κ3) is 2.99. The number of benzene rings is 2. The van der Waals surface area contributed by atoms with Gasteiger partial charge < -0.3 is 9.64 Å². The van der Waals surface area contributed by atoms with Crippen molar-refractivity contribution in [3.63, 3.8) is 0 Å². The summed E-state index contributed by atoms with van der Waals surface area (Å²) in [4.78, 5) is 12.9. The Kier molecular flexibility index (Phi) is 4.19. The molecule has 1 heterocycles. The summed E-state index contributed by atoms with van der Waals surface area (Å²) in [6.45, 7) is 3.63. The Bertz CT molecular complexity index is 730. The standard InChI is InChI=1S/C18H20N2O3/c1-13-11-15(7-8-17(13)20(21)22)19-10-9-14(12-19)16-5-3-4-6-18(16)23-2/h3-8,11,14H,9-10,12H2,1-2H3. The van der Waals surface area contributed by atoms with Crippen LogP contribution in [0.15, 0.2) is 42.5 Å². The summed E-state index contributed by atoms with van der Waals surface area (Å²) >= 11 is 0. The molecule has 0 N–H and O–H groups in total. The monoisotopic (exact) mass is 312 g/mol. The summed E-state index contributed by atoms with van der Waals surface area (Å²) < 4.78 is 5.47. The molecule has 1 fully saturated rings. The number of nitro benzene ring substituents is 1. The van der Waals surface area contributed by atoms with Crippen LogP contribution in [0.5, 0.6) is 5.75 Å². The number of nitro groups is 1. The van der Waals surface area contributed by atoms with Crippen molar-refractivity contribution in [2.24, 2.45) is 0 Å². The minimum absolute atomic E-state index is 0.175. The van der Waals surface area contributed by atoms with Crippen LogP contribution >= 0.6 is 0 Å². The van der Waals surface area contributed by atoms with Crippen LogP contribution in [0.3, 0.4) is 0 Å². The Morgan fingerprint density at radius 2 is 2.04 bits per heavy atom. The zero-order chi connectivity index (χ0) is 16.4. The third-order valence-electron chi connectivity index (χ3n) is 4.51. The van der Waals surface area contributed by atoms with E-state index in [4.69, 9.17) is 4.74 Å². The highest BCUT2D eigenvalue weighted by molar-refractivity contribution is 5.56. The maximum atomic E-state index is 10.9. The number of hydrogen-bond acceptors (Lipinski definition) is 4. The summed E-state index contributed by atoms with van der Waals surface area (Å²) in [6.07, 6.45) is 1.05. The molecule has 1 atom stereocenters. The van der Waals surface area contributed by atoms with Crippen molar-refractivity contribution in [3.05, 3.63) is 63.7 Å². The lowest BCUT2D eigenvalue weighted by Crippen LogP contribution is -2.19. The summed E-state index contributed by atoms with van der Waals surface area (Å²) in [5.41, 5.74) is 3.16. The number of anilines is 1. The highest BCUT2D eigenvalue weighted by Crippen LogP contribution is 2.36. The lowest BCUT2D eigenvalue weighted by Gasteiger charge is -2.20. The van der Waals surface area contributed by atoms with Crippen LogP contribution in [0, 0.1) is 17.0 Å². The minimum atomic E-state index is -0.333. The molecule has 5 nitrogen and oxygen atoms in total. The van der Waals surface area contributed by atoms with Crippen LogP contribution in [-0.2, 0) is 0 Å². The van der Waals surface area contributed by atoms with Gasteiger partial charge in [0, 0.05) is 36.3 Å². The van der Waals surface area contributed by atoms with Gasteiger partial charge in [-0.15, -0.1) is 0 Å². The lowest BCUT2D eigenvalue weighted by atomic mass is 9.97. The quantitative estimate of drug-likeness (QED) is 0.634. The van der Waals surface area contributed by atoms with Gasteiger partial charge in [0.15, 0.2) is 0 Å². The average molecular weight is 312 g/mol. The minimum Gasteiger partial charge on any atom is -0.496 e. The van der Waals surface area contributed by atoms with E-state index in [-0.39, 0.29) is 10.6 Å². The van der Waals surface area contributed by atoms with E-state index in [2.05, 4.69) is 11.0 Å². The summed E-state index contributed by atoms with van der Waals surface area (Å²) in [5.74, 6) is 1.35. The number of nitrogens with zero attached hydrogens (tertiary/aromatic N) is 2. The Hall–Kier alpha value is -2.56. The van der Waals surface area contributed by atoms with Gasteiger partial charge in [0.05, 0.1) is 12.0 Å². The molecule has 0 aliphatic carbocycles. The normalized spacial score (nSPS) is 17.3. The molecule has 0 aromatic heterocycles. The molecule has 120 valence electrons. The molecular formula is C18H20N2O3. The van der Waals surface area contributed by atoms with E-state index in [1.165, 1.54) is 5.56 Å². The summed E-state index contributed by atoms with van der Waals surface area (Å²) in [6, 6.07) is 13.5. The Labute approximate surface area is 135 Å². The van der Waals surface area contributed by atoms with E-state index < -0.39 is 0 Å². The van der Waals surface area contributed by atoms with Gasteiger partial charge in [0.1, 0.15) is 5.75 Å². The van der Waals surface area contributed by atoms with E-state index in [0.29, 0.717) is 11.5 Å². The van der Waals surface area contributed by atoms with Gasteiger partial charge in [-0.3, -0.25) is 10.1 Å². The SMILES string of the molecule is COc1ccccc1C1CCN(c2ccc([N+](=O)[O-])c(C)c2)C1. The van der Waals surface area contributed by atoms with Crippen LogP contribution in [-0.4, -0.2) is 25.1 Å². The van der Waals surface area contributed by atoms with Gasteiger partial charge in [-0.1, -0.05) is 18.2 Å². The van der Waals surface area contributed by atoms with Crippen molar-refractivity contribution in [2.75, 3.05) is 25.1 Å². The number of para-hydroxylation sites is 1. The molecule has 0 radical (unpaired) electrons. The lowest BCUT2D eigenvalue weighted by molar-refractivity contribution is -0.385. The van der Waals surface area contributed by atoms with Gasteiger partial charge in [-0.2, -0.15) is 0 Å². The Balaban J connectivity index is 1.80. The molecule has 0 amide bonds.